The maximum absolute atomic E-state index is 14.0. The molecule has 2 nitrogen and oxygen atoms in total. The second kappa shape index (κ2) is 6.81. The van der Waals surface area contributed by atoms with Gasteiger partial charge in [0.1, 0.15) is 11.6 Å². The minimum absolute atomic E-state index is 0. The zero-order valence-electron chi connectivity index (χ0n) is 11.7. The number of nitrogens with zero attached hydrogens (tertiary/aromatic N) is 1. The first-order chi connectivity index (χ1) is 9.65. The lowest BCUT2D eigenvalue weighted by Gasteiger charge is -2.20. The number of halogens is 3. The van der Waals surface area contributed by atoms with Crippen LogP contribution in [-0.4, -0.2) is 18.1 Å². The van der Waals surface area contributed by atoms with Gasteiger partial charge in [-0.2, -0.15) is 0 Å². The van der Waals surface area contributed by atoms with Crippen LogP contribution < -0.4 is 5.32 Å². The predicted molar refractivity (Wildman–Crippen MR) is 84.3 cm³/mol. The molecule has 0 amide bonds. The molecule has 1 aromatic carbocycles. The normalized spacial score (nSPS) is 15.8. The lowest BCUT2D eigenvalue weighted by atomic mass is 9.99. The number of benzene rings is 1. The van der Waals surface area contributed by atoms with Crippen LogP contribution in [-0.2, 0) is 0 Å². The number of hydrogen-bond donors (Lipinski definition) is 1. The van der Waals surface area contributed by atoms with E-state index in [1.807, 2.05) is 5.38 Å². The van der Waals surface area contributed by atoms with Crippen LogP contribution in [0.15, 0.2) is 17.5 Å². The Morgan fingerprint density at radius 1 is 1.19 bits per heavy atom. The molecule has 0 radical (unpaired) electrons. The van der Waals surface area contributed by atoms with E-state index in [1.165, 1.54) is 12.1 Å². The van der Waals surface area contributed by atoms with Crippen LogP contribution in [0.2, 0.25) is 0 Å². The van der Waals surface area contributed by atoms with Crippen LogP contribution >= 0.6 is 23.7 Å². The number of thiazole rings is 1. The highest BCUT2D eigenvalue weighted by Gasteiger charge is 2.20. The fraction of sp³-hybridized carbons (Fsp3) is 0.400. The minimum Gasteiger partial charge on any atom is -0.317 e. The summed E-state index contributed by atoms with van der Waals surface area (Å²) in [4.78, 5) is 4.52. The number of aromatic nitrogens is 1. The van der Waals surface area contributed by atoms with Crippen molar-refractivity contribution in [3.8, 4) is 11.3 Å². The summed E-state index contributed by atoms with van der Waals surface area (Å²) >= 11 is 1.54. The molecule has 1 saturated heterocycles. The molecule has 0 spiro atoms. The van der Waals surface area contributed by atoms with Gasteiger partial charge in [-0.15, -0.1) is 23.7 Å². The van der Waals surface area contributed by atoms with Gasteiger partial charge >= 0.3 is 0 Å². The van der Waals surface area contributed by atoms with Crippen molar-refractivity contribution in [1.29, 1.82) is 0 Å². The molecule has 3 rings (SSSR count). The van der Waals surface area contributed by atoms with Gasteiger partial charge in [0.25, 0.3) is 0 Å². The van der Waals surface area contributed by atoms with Gasteiger partial charge in [-0.1, -0.05) is 0 Å². The van der Waals surface area contributed by atoms with Gasteiger partial charge < -0.3 is 5.32 Å². The molecule has 1 aromatic heterocycles. The van der Waals surface area contributed by atoms with Crippen molar-refractivity contribution >= 4 is 23.7 Å². The van der Waals surface area contributed by atoms with Crippen LogP contribution in [0.4, 0.5) is 8.78 Å². The summed E-state index contributed by atoms with van der Waals surface area (Å²) in [7, 11) is 0. The molecular weight excluding hydrogens is 314 g/mol. The first-order valence-corrected chi connectivity index (χ1v) is 7.65. The Hall–Kier alpha value is -1.04. The molecule has 1 aliphatic rings. The lowest BCUT2D eigenvalue weighted by Crippen LogP contribution is -2.26. The Balaban J connectivity index is 0.00000161. The molecule has 0 bridgehead atoms. The fourth-order valence-electron chi connectivity index (χ4n) is 2.51. The van der Waals surface area contributed by atoms with Crippen LogP contribution in [0.3, 0.4) is 0 Å². The summed E-state index contributed by atoms with van der Waals surface area (Å²) < 4.78 is 27.6. The number of rotatable bonds is 2. The standard InChI is InChI=1S/C15H16F2N2S.ClH/c1-9-6-13(17)11(7-12(9)16)14-8-20-15(19-14)10-2-4-18-5-3-10;/h6-8,10,18H,2-5H2,1H3;1H. The SMILES string of the molecule is Cc1cc(F)c(-c2csc(C3CCNCC3)n2)cc1F.Cl. The summed E-state index contributed by atoms with van der Waals surface area (Å²) in [5.41, 5.74) is 1.12. The highest BCUT2D eigenvalue weighted by Crippen LogP contribution is 2.32. The number of aryl methyl sites for hydroxylation is 1. The van der Waals surface area contributed by atoms with Crippen molar-refractivity contribution < 1.29 is 8.78 Å². The summed E-state index contributed by atoms with van der Waals surface area (Å²) in [6.45, 7) is 3.55. The Kier molecular flexibility index (Phi) is 5.30. The van der Waals surface area contributed by atoms with E-state index >= 15 is 0 Å². The second-order valence-corrected chi connectivity index (χ2v) is 6.07. The summed E-state index contributed by atoms with van der Waals surface area (Å²) in [5, 5.41) is 6.17. The Labute approximate surface area is 133 Å². The maximum Gasteiger partial charge on any atom is 0.133 e. The van der Waals surface area contributed by atoms with E-state index in [4.69, 9.17) is 0 Å². The third-order valence-corrected chi connectivity index (χ3v) is 4.74. The van der Waals surface area contributed by atoms with E-state index in [-0.39, 0.29) is 18.0 Å². The Morgan fingerprint density at radius 3 is 2.62 bits per heavy atom. The van der Waals surface area contributed by atoms with Crippen molar-refractivity contribution in [2.24, 2.45) is 0 Å². The highest BCUT2D eigenvalue weighted by atomic mass is 35.5. The predicted octanol–water partition coefficient (Wildman–Crippen LogP) is 4.29. The first kappa shape index (κ1) is 16.3. The first-order valence-electron chi connectivity index (χ1n) is 6.77. The van der Waals surface area contributed by atoms with Gasteiger partial charge in [0.2, 0.25) is 0 Å². The zero-order valence-corrected chi connectivity index (χ0v) is 13.3. The van der Waals surface area contributed by atoms with E-state index in [9.17, 15) is 8.78 Å². The molecule has 0 unspecified atom stereocenters. The quantitative estimate of drug-likeness (QED) is 0.888. The Bertz CT molecular complexity index is 624. The molecule has 1 N–H and O–H groups in total. The van der Waals surface area contributed by atoms with E-state index < -0.39 is 11.6 Å². The van der Waals surface area contributed by atoms with Gasteiger partial charge in [0.05, 0.1) is 10.7 Å². The maximum atomic E-state index is 14.0. The fourth-order valence-corrected chi connectivity index (χ4v) is 3.50. The van der Waals surface area contributed by atoms with Crippen molar-refractivity contribution in [3.05, 3.63) is 39.7 Å². The summed E-state index contributed by atoms with van der Waals surface area (Å²) in [5.74, 6) is -0.364. The summed E-state index contributed by atoms with van der Waals surface area (Å²) in [6, 6.07) is 2.47. The molecule has 1 fully saturated rings. The molecule has 114 valence electrons. The lowest BCUT2D eigenvalue weighted by molar-refractivity contribution is 0.459. The molecule has 0 saturated carbocycles. The average Bonchev–Trinajstić information content (AvgIpc) is 2.93. The largest absolute Gasteiger partial charge is 0.317 e. The van der Waals surface area contributed by atoms with E-state index in [2.05, 4.69) is 10.3 Å². The Morgan fingerprint density at radius 2 is 1.90 bits per heavy atom. The molecular formula is C15H17ClF2N2S. The van der Waals surface area contributed by atoms with Crippen molar-refractivity contribution in [1.82, 2.24) is 10.3 Å². The highest BCUT2D eigenvalue weighted by molar-refractivity contribution is 7.10. The third-order valence-electron chi connectivity index (χ3n) is 3.73. The van der Waals surface area contributed by atoms with Crippen molar-refractivity contribution in [2.75, 3.05) is 13.1 Å². The van der Waals surface area contributed by atoms with Crippen molar-refractivity contribution in [2.45, 2.75) is 25.7 Å². The third kappa shape index (κ3) is 3.42. The van der Waals surface area contributed by atoms with Gasteiger partial charge in [0.15, 0.2) is 0 Å². The number of hydrogen-bond acceptors (Lipinski definition) is 3. The average molecular weight is 331 g/mol. The molecule has 1 aliphatic heterocycles. The molecule has 0 aliphatic carbocycles. The van der Waals surface area contributed by atoms with E-state index in [1.54, 1.807) is 18.3 Å². The molecule has 2 aromatic rings. The number of nitrogens with one attached hydrogen (secondary N) is 1. The van der Waals surface area contributed by atoms with Crippen LogP contribution in [0.1, 0.15) is 29.3 Å². The minimum atomic E-state index is -0.411. The van der Waals surface area contributed by atoms with E-state index in [0.29, 0.717) is 17.2 Å². The van der Waals surface area contributed by atoms with Gasteiger partial charge in [-0.25, -0.2) is 13.8 Å². The smallest absolute Gasteiger partial charge is 0.133 e. The van der Waals surface area contributed by atoms with Crippen molar-refractivity contribution in [3.63, 3.8) is 0 Å². The zero-order chi connectivity index (χ0) is 14.1. The van der Waals surface area contributed by atoms with Gasteiger partial charge in [-0.05, 0) is 50.6 Å². The topological polar surface area (TPSA) is 24.9 Å². The van der Waals surface area contributed by atoms with Gasteiger partial charge in [-0.3, -0.25) is 0 Å². The molecule has 0 atom stereocenters. The van der Waals surface area contributed by atoms with Crippen LogP contribution in [0.25, 0.3) is 11.3 Å². The molecule has 2 heterocycles. The molecule has 21 heavy (non-hydrogen) atoms. The number of piperidine rings is 1. The monoisotopic (exact) mass is 330 g/mol. The van der Waals surface area contributed by atoms with Gasteiger partial charge in [0, 0.05) is 16.9 Å². The second-order valence-electron chi connectivity index (χ2n) is 5.18. The van der Waals surface area contributed by atoms with Crippen LogP contribution in [0, 0.1) is 18.6 Å². The summed E-state index contributed by atoms with van der Waals surface area (Å²) in [6.07, 6.45) is 2.11. The molecule has 6 heteroatoms. The van der Waals surface area contributed by atoms with E-state index in [0.717, 1.165) is 30.9 Å². The van der Waals surface area contributed by atoms with Crippen LogP contribution in [0.5, 0.6) is 0 Å².